The monoisotopic (exact) mass is 232 g/mol. The minimum absolute atomic E-state index is 0.765. The quantitative estimate of drug-likeness (QED) is 0.853. The fourth-order valence-corrected chi connectivity index (χ4v) is 2.79. The van der Waals surface area contributed by atoms with E-state index in [-0.39, 0.29) is 0 Å². The molecule has 1 atom stereocenters. The Balaban J connectivity index is 2.03. The van der Waals surface area contributed by atoms with Gasteiger partial charge in [-0.3, -0.25) is 0 Å². The van der Waals surface area contributed by atoms with Crippen LogP contribution in [0.15, 0.2) is 24.3 Å². The van der Waals surface area contributed by atoms with Crippen LogP contribution >= 0.6 is 0 Å². The molecule has 1 heterocycles. The van der Waals surface area contributed by atoms with Crippen molar-refractivity contribution in [3.63, 3.8) is 0 Å². The largest absolute Gasteiger partial charge is 0.382 e. The molecule has 17 heavy (non-hydrogen) atoms. The molecule has 1 aliphatic heterocycles. The van der Waals surface area contributed by atoms with Crippen LogP contribution in [0.3, 0.4) is 0 Å². The molecule has 0 amide bonds. The topological polar surface area (TPSA) is 15.3 Å². The molecule has 0 saturated carbocycles. The van der Waals surface area contributed by atoms with E-state index in [1.54, 1.807) is 0 Å². The van der Waals surface area contributed by atoms with Gasteiger partial charge >= 0.3 is 0 Å². The summed E-state index contributed by atoms with van der Waals surface area (Å²) in [5.41, 5.74) is 2.66. The second kappa shape index (κ2) is 5.44. The Hall–Kier alpha value is -1.18. The van der Waals surface area contributed by atoms with Crippen molar-refractivity contribution < 1.29 is 0 Å². The number of hydrogen-bond donors (Lipinski definition) is 1. The molecule has 0 fully saturated rings. The van der Waals surface area contributed by atoms with Gasteiger partial charge in [0.1, 0.15) is 0 Å². The molecule has 0 spiro atoms. The van der Waals surface area contributed by atoms with Crippen LogP contribution in [0, 0.1) is 11.8 Å². The van der Waals surface area contributed by atoms with Crippen LogP contribution in [-0.2, 0) is 0 Å². The average Bonchev–Trinajstić information content (AvgIpc) is 2.28. The van der Waals surface area contributed by atoms with Crippen molar-refractivity contribution in [2.45, 2.75) is 27.2 Å². The lowest BCUT2D eigenvalue weighted by atomic mass is 9.98. The molecule has 0 radical (unpaired) electrons. The highest BCUT2D eigenvalue weighted by Crippen LogP contribution is 2.29. The summed E-state index contributed by atoms with van der Waals surface area (Å²) in [6, 6.07) is 8.64. The third-order valence-corrected chi connectivity index (χ3v) is 3.35. The molecule has 0 bridgehead atoms. The van der Waals surface area contributed by atoms with Crippen LogP contribution in [0.4, 0.5) is 11.4 Å². The number of rotatable bonds is 4. The summed E-state index contributed by atoms with van der Waals surface area (Å²) < 4.78 is 0. The van der Waals surface area contributed by atoms with E-state index in [2.05, 4.69) is 55.3 Å². The molecule has 0 aromatic heterocycles. The second-order valence-corrected chi connectivity index (χ2v) is 5.62. The zero-order valence-electron chi connectivity index (χ0n) is 11.2. The summed E-state index contributed by atoms with van der Waals surface area (Å²) in [6.07, 6.45) is 1.31. The van der Waals surface area contributed by atoms with Crippen LogP contribution in [0.1, 0.15) is 27.2 Å². The molecule has 0 aliphatic carbocycles. The lowest BCUT2D eigenvalue weighted by Crippen LogP contribution is -2.37. The number of nitrogens with one attached hydrogen (secondary N) is 1. The predicted molar refractivity (Wildman–Crippen MR) is 75.8 cm³/mol. The van der Waals surface area contributed by atoms with Crippen LogP contribution in [-0.4, -0.2) is 19.6 Å². The van der Waals surface area contributed by atoms with Crippen molar-refractivity contribution in [3.05, 3.63) is 24.3 Å². The van der Waals surface area contributed by atoms with Gasteiger partial charge in [0.2, 0.25) is 0 Å². The Labute approximate surface area is 105 Å². The summed E-state index contributed by atoms with van der Waals surface area (Å²) in [6.45, 7) is 10.3. The van der Waals surface area contributed by atoms with Gasteiger partial charge in [-0.25, -0.2) is 0 Å². The predicted octanol–water partition coefficient (Wildman–Crippen LogP) is 3.60. The van der Waals surface area contributed by atoms with Crippen LogP contribution < -0.4 is 10.2 Å². The maximum absolute atomic E-state index is 3.46. The molecule has 1 aromatic carbocycles. The highest BCUT2D eigenvalue weighted by molar-refractivity contribution is 5.71. The van der Waals surface area contributed by atoms with E-state index in [4.69, 9.17) is 0 Å². The van der Waals surface area contributed by atoms with Crippen molar-refractivity contribution in [3.8, 4) is 0 Å². The van der Waals surface area contributed by atoms with Gasteiger partial charge in [0, 0.05) is 19.6 Å². The van der Waals surface area contributed by atoms with Gasteiger partial charge in [0.05, 0.1) is 11.4 Å². The Morgan fingerprint density at radius 1 is 1.24 bits per heavy atom. The molecule has 94 valence electrons. The molecular formula is C15H24N2. The number of hydrogen-bond acceptors (Lipinski definition) is 2. The summed E-state index contributed by atoms with van der Waals surface area (Å²) in [7, 11) is 0. The number of nitrogens with zero attached hydrogens (tertiary/aromatic N) is 1. The third-order valence-electron chi connectivity index (χ3n) is 3.35. The standard InChI is InChI=1S/C15H24N2/c1-12(2)10-13(3)11-17-9-8-16-14-6-4-5-7-15(14)17/h4-7,12-13,16H,8-11H2,1-3H3. The lowest BCUT2D eigenvalue weighted by Gasteiger charge is -2.34. The summed E-state index contributed by atoms with van der Waals surface area (Å²) in [5, 5.41) is 3.46. The van der Waals surface area contributed by atoms with Gasteiger partial charge in [0.15, 0.2) is 0 Å². The zero-order valence-corrected chi connectivity index (χ0v) is 11.2. The first-order chi connectivity index (χ1) is 8.16. The summed E-state index contributed by atoms with van der Waals surface area (Å²) >= 11 is 0. The lowest BCUT2D eigenvalue weighted by molar-refractivity contribution is 0.435. The van der Waals surface area contributed by atoms with Crippen molar-refractivity contribution >= 4 is 11.4 Å². The molecule has 1 N–H and O–H groups in total. The van der Waals surface area contributed by atoms with Crippen molar-refractivity contribution in [2.75, 3.05) is 29.9 Å². The van der Waals surface area contributed by atoms with Gasteiger partial charge in [-0.05, 0) is 30.4 Å². The van der Waals surface area contributed by atoms with E-state index in [0.717, 1.165) is 24.9 Å². The molecule has 0 saturated heterocycles. The van der Waals surface area contributed by atoms with Crippen molar-refractivity contribution in [2.24, 2.45) is 11.8 Å². The van der Waals surface area contributed by atoms with E-state index in [9.17, 15) is 0 Å². The Bertz CT molecular complexity index is 360. The molecule has 1 aromatic rings. The van der Waals surface area contributed by atoms with E-state index >= 15 is 0 Å². The third kappa shape index (κ3) is 3.15. The van der Waals surface area contributed by atoms with E-state index in [1.165, 1.54) is 24.3 Å². The Morgan fingerprint density at radius 2 is 2.00 bits per heavy atom. The minimum atomic E-state index is 0.765. The van der Waals surface area contributed by atoms with Crippen molar-refractivity contribution in [1.29, 1.82) is 0 Å². The first-order valence-corrected chi connectivity index (χ1v) is 6.74. The number of para-hydroxylation sites is 2. The maximum atomic E-state index is 3.46. The highest BCUT2D eigenvalue weighted by Gasteiger charge is 2.18. The average molecular weight is 232 g/mol. The summed E-state index contributed by atoms with van der Waals surface area (Å²) in [4.78, 5) is 2.53. The molecule has 1 unspecified atom stereocenters. The van der Waals surface area contributed by atoms with Gasteiger partial charge in [-0.1, -0.05) is 32.9 Å². The van der Waals surface area contributed by atoms with Gasteiger partial charge in [-0.2, -0.15) is 0 Å². The number of fused-ring (bicyclic) bond motifs is 1. The molecule has 2 rings (SSSR count). The number of anilines is 2. The highest BCUT2D eigenvalue weighted by atomic mass is 15.2. The minimum Gasteiger partial charge on any atom is -0.382 e. The fourth-order valence-electron chi connectivity index (χ4n) is 2.79. The molecule has 2 nitrogen and oxygen atoms in total. The first kappa shape index (κ1) is 12.3. The van der Waals surface area contributed by atoms with Crippen LogP contribution in [0.5, 0.6) is 0 Å². The van der Waals surface area contributed by atoms with E-state index < -0.39 is 0 Å². The Kier molecular flexibility index (Phi) is 3.93. The van der Waals surface area contributed by atoms with Gasteiger partial charge in [-0.15, -0.1) is 0 Å². The first-order valence-electron chi connectivity index (χ1n) is 6.74. The van der Waals surface area contributed by atoms with Crippen molar-refractivity contribution in [1.82, 2.24) is 0 Å². The normalized spacial score (nSPS) is 16.6. The Morgan fingerprint density at radius 3 is 2.76 bits per heavy atom. The number of benzene rings is 1. The van der Waals surface area contributed by atoms with E-state index in [0.29, 0.717) is 0 Å². The molecular weight excluding hydrogens is 208 g/mol. The summed E-state index contributed by atoms with van der Waals surface area (Å²) in [5.74, 6) is 1.56. The fraction of sp³-hybridized carbons (Fsp3) is 0.600. The second-order valence-electron chi connectivity index (χ2n) is 5.62. The smallest absolute Gasteiger partial charge is 0.0602 e. The SMILES string of the molecule is CC(C)CC(C)CN1CCNc2ccccc21. The maximum Gasteiger partial charge on any atom is 0.0602 e. The van der Waals surface area contributed by atoms with Crippen LogP contribution in [0.2, 0.25) is 0 Å². The molecule has 1 aliphatic rings. The zero-order chi connectivity index (χ0) is 12.3. The van der Waals surface area contributed by atoms with Crippen LogP contribution in [0.25, 0.3) is 0 Å². The van der Waals surface area contributed by atoms with Gasteiger partial charge in [0.25, 0.3) is 0 Å². The van der Waals surface area contributed by atoms with Gasteiger partial charge < -0.3 is 10.2 Å². The van der Waals surface area contributed by atoms with E-state index in [1.807, 2.05) is 0 Å². The molecule has 2 heteroatoms.